The van der Waals surface area contributed by atoms with Gasteiger partial charge in [-0.25, -0.2) is 0 Å². The van der Waals surface area contributed by atoms with E-state index in [-0.39, 0.29) is 25.9 Å². The predicted octanol–water partition coefficient (Wildman–Crippen LogP) is 3.81. The summed E-state index contributed by atoms with van der Waals surface area (Å²) in [6.07, 6.45) is 1.20. The van der Waals surface area contributed by atoms with Crippen LogP contribution < -0.4 is 0 Å². The van der Waals surface area contributed by atoms with Crippen LogP contribution >= 0.6 is 0 Å². The molecule has 2 aliphatic heterocycles. The summed E-state index contributed by atoms with van der Waals surface area (Å²) in [4.78, 5) is 23.6. The SMILES string of the molecule is CC1(C)OC[C@@H](CC2=[C](C(C)(C)C(=O)OCc3ccccc3)[In]([F])[C]([N+](=O)[O-])=C2)O1. The number of carbonyl (C=O) groups is 1. The molecule has 0 aromatic heterocycles. The van der Waals surface area contributed by atoms with Crippen LogP contribution in [0.15, 0.2) is 48.8 Å². The Kier molecular flexibility index (Phi) is 6.74. The summed E-state index contributed by atoms with van der Waals surface area (Å²) in [5.74, 6) is -1.36. The summed E-state index contributed by atoms with van der Waals surface area (Å²) in [6.45, 7) is 7.06. The number of hydrogen-bond acceptors (Lipinski definition) is 6. The Morgan fingerprint density at radius 1 is 1.37 bits per heavy atom. The molecule has 30 heavy (non-hydrogen) atoms. The van der Waals surface area contributed by atoms with E-state index in [1.165, 1.54) is 6.08 Å². The molecule has 1 saturated heterocycles. The summed E-state index contributed by atoms with van der Waals surface area (Å²) in [7, 11) is 0. The van der Waals surface area contributed by atoms with Crippen LogP contribution in [-0.2, 0) is 25.6 Å². The minimum atomic E-state index is -4.46. The van der Waals surface area contributed by atoms with Crippen LogP contribution in [0.5, 0.6) is 0 Å². The zero-order chi connectivity index (χ0) is 22.1. The third-order valence-corrected chi connectivity index (χ3v) is 12.4. The van der Waals surface area contributed by atoms with Gasteiger partial charge in [0.05, 0.1) is 0 Å². The first-order valence-electron chi connectivity index (χ1n) is 9.78. The van der Waals surface area contributed by atoms with Crippen molar-refractivity contribution >= 4 is 28.0 Å². The molecule has 0 spiro atoms. The third-order valence-electron chi connectivity index (χ3n) is 5.30. The molecule has 0 unspecified atom stereocenters. The number of carbonyl (C=O) groups excluding carboxylic acids is 1. The maximum atomic E-state index is 15.4. The number of nitro groups is 1. The van der Waals surface area contributed by atoms with Crippen molar-refractivity contribution in [2.24, 2.45) is 5.41 Å². The van der Waals surface area contributed by atoms with Crippen molar-refractivity contribution in [1.82, 2.24) is 0 Å². The van der Waals surface area contributed by atoms with Crippen molar-refractivity contribution in [3.05, 3.63) is 64.4 Å². The molecule has 2 aliphatic rings. The Labute approximate surface area is 183 Å². The van der Waals surface area contributed by atoms with E-state index in [9.17, 15) is 14.9 Å². The predicted molar refractivity (Wildman–Crippen MR) is 109 cm³/mol. The van der Waals surface area contributed by atoms with Crippen LogP contribution in [0.25, 0.3) is 0 Å². The van der Waals surface area contributed by atoms with Crippen molar-refractivity contribution in [2.75, 3.05) is 6.61 Å². The van der Waals surface area contributed by atoms with E-state index in [1.54, 1.807) is 27.7 Å². The second kappa shape index (κ2) is 8.80. The molecule has 0 amide bonds. The first-order valence-corrected chi connectivity index (χ1v) is 14.3. The van der Waals surface area contributed by atoms with Crippen molar-refractivity contribution in [1.29, 1.82) is 0 Å². The van der Waals surface area contributed by atoms with E-state index >= 15 is 2.66 Å². The van der Waals surface area contributed by atoms with Crippen molar-refractivity contribution < 1.29 is 26.6 Å². The molecule has 0 N–H and O–H groups in total. The fraction of sp³-hybridized carbons (Fsp3) is 0.476. The quantitative estimate of drug-likeness (QED) is 0.308. The van der Waals surface area contributed by atoms with E-state index in [2.05, 4.69) is 0 Å². The van der Waals surface area contributed by atoms with Crippen molar-refractivity contribution in [3.63, 3.8) is 0 Å². The van der Waals surface area contributed by atoms with Crippen LogP contribution in [-0.4, -0.2) is 51.4 Å². The molecule has 0 radical (unpaired) electrons. The zero-order valence-electron chi connectivity index (χ0n) is 17.5. The Balaban J connectivity index is 1.83. The van der Waals surface area contributed by atoms with Gasteiger partial charge in [0, 0.05) is 0 Å². The van der Waals surface area contributed by atoms with Gasteiger partial charge in [-0.1, -0.05) is 0 Å². The molecule has 160 valence electrons. The van der Waals surface area contributed by atoms with E-state index in [0.29, 0.717) is 12.2 Å². The summed E-state index contributed by atoms with van der Waals surface area (Å²) in [5.41, 5.74) is -0.0218. The van der Waals surface area contributed by atoms with Gasteiger partial charge < -0.3 is 0 Å². The summed E-state index contributed by atoms with van der Waals surface area (Å²) >= 11 is -4.46. The van der Waals surface area contributed by atoms with Crippen LogP contribution in [0, 0.1) is 15.5 Å². The monoisotopic (exact) mass is 521 g/mol. The molecule has 9 heteroatoms. The first kappa shape index (κ1) is 23.0. The molecular weight excluding hydrogens is 496 g/mol. The number of benzene rings is 1. The molecule has 0 bridgehead atoms. The van der Waals surface area contributed by atoms with Crippen LogP contribution in [0.1, 0.15) is 39.7 Å². The van der Waals surface area contributed by atoms with Gasteiger partial charge in [0.1, 0.15) is 0 Å². The number of nitrogens with zero attached hydrogens (tertiary/aromatic N) is 1. The van der Waals surface area contributed by atoms with Gasteiger partial charge in [0.2, 0.25) is 0 Å². The second-order valence-electron chi connectivity index (χ2n) is 8.47. The molecule has 1 aromatic rings. The Morgan fingerprint density at radius 2 is 2.03 bits per heavy atom. The molecule has 7 nitrogen and oxygen atoms in total. The van der Waals surface area contributed by atoms with Gasteiger partial charge in [0.25, 0.3) is 0 Å². The van der Waals surface area contributed by atoms with Crippen LogP contribution in [0.4, 0.5) is 2.66 Å². The summed E-state index contributed by atoms with van der Waals surface area (Å²) in [5, 5.41) is 11.4. The molecule has 0 saturated carbocycles. The van der Waals surface area contributed by atoms with E-state index in [0.717, 1.165) is 5.56 Å². The summed E-state index contributed by atoms with van der Waals surface area (Å²) < 4.78 is 32.0. The Morgan fingerprint density at radius 3 is 2.60 bits per heavy atom. The Hall–Kier alpha value is -1.71. The average molecular weight is 521 g/mol. The van der Waals surface area contributed by atoms with Gasteiger partial charge in [-0.3, -0.25) is 0 Å². The van der Waals surface area contributed by atoms with Gasteiger partial charge in [-0.05, 0) is 0 Å². The fourth-order valence-corrected chi connectivity index (χ4v) is 9.81. The van der Waals surface area contributed by atoms with Crippen LogP contribution in [0.3, 0.4) is 0 Å². The molecule has 1 fully saturated rings. The first-order chi connectivity index (χ1) is 14.0. The zero-order valence-corrected chi connectivity index (χ0v) is 20.8. The van der Waals surface area contributed by atoms with Crippen molar-refractivity contribution in [2.45, 2.75) is 52.6 Å². The molecule has 1 aromatic carbocycles. The fourth-order valence-electron chi connectivity index (χ4n) is 3.79. The van der Waals surface area contributed by atoms with Gasteiger partial charge in [0.15, 0.2) is 0 Å². The molecule has 0 aliphatic carbocycles. The van der Waals surface area contributed by atoms with Gasteiger partial charge in [-0.15, -0.1) is 0 Å². The molecular formula is C21H25FInNO6. The number of esters is 1. The normalized spacial score (nSPS) is 21.0. The number of halogens is 1. The topological polar surface area (TPSA) is 87.9 Å². The van der Waals surface area contributed by atoms with Gasteiger partial charge >= 0.3 is 184 Å². The Bertz CT molecular complexity index is 896. The van der Waals surface area contributed by atoms with E-state index < -0.39 is 44.1 Å². The van der Waals surface area contributed by atoms with Crippen molar-refractivity contribution in [3.8, 4) is 0 Å². The number of ether oxygens (including phenoxy) is 3. The number of allylic oxidation sites excluding steroid dienone is 1. The molecule has 3 rings (SSSR count). The number of hydrogen-bond donors (Lipinski definition) is 0. The number of rotatable bonds is 7. The molecule has 1 atom stereocenters. The average Bonchev–Trinajstić information content (AvgIpc) is 3.19. The van der Waals surface area contributed by atoms with Gasteiger partial charge in [-0.2, -0.15) is 0 Å². The standard InChI is InChI=1S/C21H25NO6.FH.In/c1-20(2,19(23)26-14-16-8-6-5-7-9-16)13-17(10-11-22(24)25)12-18-15-27-21(3,4)28-18;;/h5-10,18H,12,14-15H2,1-4H3;1H;/q;;+1/p-1/t18-;;/m1../s1. The minimum absolute atomic E-state index is 0.0570. The third kappa shape index (κ3) is 4.95. The second-order valence-corrected chi connectivity index (χ2v) is 13.9. The molecule has 2 heterocycles. The maximum absolute atomic E-state index is 15.4. The summed E-state index contributed by atoms with van der Waals surface area (Å²) in [6, 6.07) is 9.16. The van der Waals surface area contributed by atoms with E-state index in [1.807, 2.05) is 30.3 Å². The van der Waals surface area contributed by atoms with Crippen LogP contribution in [0.2, 0.25) is 0 Å². The van der Waals surface area contributed by atoms with E-state index in [4.69, 9.17) is 14.2 Å².